The summed E-state index contributed by atoms with van der Waals surface area (Å²) in [4.78, 5) is 0. The number of hydrogen-bond acceptors (Lipinski definition) is 0. The molecule has 5 heavy (non-hydrogen) atoms. The van der Waals surface area contributed by atoms with Gasteiger partial charge in [-0.15, -0.1) is 0 Å². The Morgan fingerprint density at radius 2 is 0.600 bits per heavy atom. The fourth-order valence-corrected chi connectivity index (χ4v) is 0. The maximum absolute atomic E-state index is 0. The van der Waals surface area contributed by atoms with Crippen molar-refractivity contribution in [3.05, 3.63) is 0 Å². The molecule has 0 atom stereocenters. The minimum absolute atomic E-state index is 0. The number of hydrogen-bond donors (Lipinski definition) is 0. The van der Waals surface area contributed by atoms with Crippen molar-refractivity contribution in [2.75, 3.05) is 0 Å². The molecule has 0 aliphatic carbocycles. The molecule has 0 aromatic carbocycles. The molecule has 0 aromatic rings. The van der Waals surface area contributed by atoms with Gasteiger partial charge in [0.1, 0.15) is 0 Å². The maximum Gasteiger partial charge on any atom is 3.00 e. The average molecular weight is 252 g/mol. The number of rotatable bonds is 0. The van der Waals surface area contributed by atoms with Crippen LogP contribution < -0.4 is 0 Å². The predicted molar refractivity (Wildman–Crippen MR) is 7.81 cm³/mol. The van der Waals surface area contributed by atoms with Gasteiger partial charge in [-0.25, -0.2) is 0 Å². The molecular weight excluding hydrogens is 252 g/mol. The molecule has 0 saturated heterocycles. The Hall–Kier alpha value is 1.85. The van der Waals surface area contributed by atoms with Crippen molar-refractivity contribution in [3.63, 3.8) is 0 Å². The van der Waals surface area contributed by atoms with Crippen LogP contribution in [0.4, 0.5) is 0 Å². The van der Waals surface area contributed by atoms with Gasteiger partial charge in [0.15, 0.2) is 0 Å². The molecule has 0 N–H and O–H groups in total. The van der Waals surface area contributed by atoms with Crippen molar-refractivity contribution in [2.45, 2.75) is 0 Å². The van der Waals surface area contributed by atoms with Gasteiger partial charge in [0.25, 0.3) is 0 Å². The quantitative estimate of drug-likeness (QED) is 0.543. The van der Waals surface area contributed by atoms with Gasteiger partial charge in [-0.1, -0.05) is 0 Å². The summed E-state index contributed by atoms with van der Waals surface area (Å²) in [6.45, 7) is 0. The maximum atomic E-state index is 0. The van der Waals surface area contributed by atoms with Gasteiger partial charge in [-0.2, -0.15) is 0 Å². The predicted octanol–water partition coefficient (Wildman–Crippen LogP) is -0.740. The van der Waals surface area contributed by atoms with Crippen molar-refractivity contribution in [1.82, 2.24) is 0 Å². The van der Waals surface area contributed by atoms with E-state index in [1.165, 1.54) is 0 Å². The van der Waals surface area contributed by atoms with E-state index in [0.717, 1.165) is 0 Å². The minimum Gasteiger partial charge on any atom is -2.00 e. The van der Waals surface area contributed by atoms with Crippen LogP contribution in [-0.2, 0) is 49.1 Å². The van der Waals surface area contributed by atoms with Gasteiger partial charge in [-0.05, 0) is 0 Å². The second-order valence-electron chi connectivity index (χ2n) is 0. The van der Waals surface area contributed by atoms with E-state index in [9.17, 15) is 0 Å². The largest absolute Gasteiger partial charge is 3.00 e. The van der Waals surface area contributed by atoms with Gasteiger partial charge >= 0.3 is 58.6 Å². The Kier molecular flexibility index (Phi) is 548. The van der Waals surface area contributed by atoms with E-state index in [1.54, 1.807) is 0 Å². The monoisotopic (exact) mass is 252 g/mol. The molecule has 0 aliphatic rings. The smallest absolute Gasteiger partial charge is 2.00 e. The van der Waals surface area contributed by atoms with E-state index in [-0.39, 0.29) is 75.0 Å². The van der Waals surface area contributed by atoms with Crippen LogP contribution in [0.15, 0.2) is 0 Å². The summed E-state index contributed by atoms with van der Waals surface area (Å²) < 4.78 is 0. The molecule has 0 bridgehead atoms. The van der Waals surface area contributed by atoms with E-state index in [4.69, 9.17) is 0 Å². The molecule has 0 spiro atoms. The van der Waals surface area contributed by atoms with Crippen molar-refractivity contribution < 1.29 is 49.1 Å². The molecule has 0 fully saturated rings. The van der Waals surface area contributed by atoms with Crippen molar-refractivity contribution in [2.24, 2.45) is 0 Å². The Morgan fingerprint density at radius 3 is 0.600 bits per heavy atom. The second-order valence-corrected chi connectivity index (χ2v) is 0. The summed E-state index contributed by atoms with van der Waals surface area (Å²) >= 11 is 0. The van der Waals surface area contributed by atoms with Gasteiger partial charge in [0.05, 0.1) is 0 Å². The summed E-state index contributed by atoms with van der Waals surface area (Å²) in [5.74, 6) is 0. The zero-order chi connectivity index (χ0) is 0. The first-order chi connectivity index (χ1) is 0. The van der Waals surface area contributed by atoms with Crippen LogP contribution >= 0.6 is 0 Å². The van der Waals surface area contributed by atoms with Gasteiger partial charge in [-0.3, -0.25) is 0 Å². The molecule has 5 heteroatoms. The van der Waals surface area contributed by atoms with E-state index < -0.39 is 0 Å². The van der Waals surface area contributed by atoms with Crippen LogP contribution in [0.25, 0.3) is 0 Å². The van der Waals surface area contributed by atoms with Crippen molar-refractivity contribution in [1.29, 1.82) is 0 Å². The first kappa shape index (κ1) is 68.3. The molecule has 0 aliphatic heterocycles. The average Bonchev–Trinajstić information content (AvgIpc) is 0. The van der Waals surface area contributed by atoms with Gasteiger partial charge in [0, 0.05) is 0 Å². The SMILES string of the molecule is [In+3].[O-2].[O-2].[O-2].[Y+3]. The van der Waals surface area contributed by atoms with Crippen molar-refractivity contribution in [3.8, 4) is 0 Å². The van der Waals surface area contributed by atoms with Crippen molar-refractivity contribution >= 4 is 25.8 Å². The second kappa shape index (κ2) is 40.1. The van der Waals surface area contributed by atoms with Gasteiger partial charge in [0.2, 0.25) is 0 Å². The Balaban J connectivity index is 0. The van der Waals surface area contributed by atoms with E-state index in [0.29, 0.717) is 0 Å². The molecule has 0 radical (unpaired) electrons. The fraction of sp³-hybridized carbons (Fsp3) is 0. The molecule has 0 rings (SSSR count). The normalized spacial score (nSPS) is 0. The molecule has 0 saturated carbocycles. The fourth-order valence-electron chi connectivity index (χ4n) is 0. The third-order valence-electron chi connectivity index (χ3n) is 0. The van der Waals surface area contributed by atoms with E-state index in [2.05, 4.69) is 0 Å². The van der Waals surface area contributed by atoms with Crippen LogP contribution in [0.1, 0.15) is 0 Å². The van der Waals surface area contributed by atoms with Crippen LogP contribution in [0.3, 0.4) is 0 Å². The third kappa shape index (κ3) is 25.3. The van der Waals surface area contributed by atoms with Crippen LogP contribution in [0.2, 0.25) is 0 Å². The Bertz CT molecular complexity index is 6.85. The first-order valence-electron chi connectivity index (χ1n) is 0. The third-order valence-corrected chi connectivity index (χ3v) is 0. The Morgan fingerprint density at radius 1 is 0.600 bits per heavy atom. The van der Waals surface area contributed by atoms with Crippen LogP contribution in [0.5, 0.6) is 0 Å². The first-order valence-corrected chi connectivity index (χ1v) is 0. The minimum atomic E-state index is 0. The van der Waals surface area contributed by atoms with Gasteiger partial charge < -0.3 is 16.4 Å². The van der Waals surface area contributed by atoms with E-state index >= 15 is 0 Å². The van der Waals surface area contributed by atoms with E-state index in [1.807, 2.05) is 0 Å². The molecule has 0 heterocycles. The summed E-state index contributed by atoms with van der Waals surface area (Å²) in [6, 6.07) is 0. The van der Waals surface area contributed by atoms with Crippen LogP contribution in [-0.4, -0.2) is 25.8 Å². The zero-order valence-electron chi connectivity index (χ0n) is 2.38. The summed E-state index contributed by atoms with van der Waals surface area (Å²) in [7, 11) is 0. The standard InChI is InChI=1S/In.3O.Y/q+3;3*-2;+3. The molecule has 0 aromatic heterocycles. The molecule has 3 nitrogen and oxygen atoms in total. The summed E-state index contributed by atoms with van der Waals surface area (Å²) in [6.07, 6.45) is 0. The summed E-state index contributed by atoms with van der Waals surface area (Å²) in [5, 5.41) is 0. The molecule has 24 valence electrons. The Labute approximate surface area is 74.1 Å². The van der Waals surface area contributed by atoms with Crippen LogP contribution in [0, 0.1) is 0 Å². The molecule has 0 unspecified atom stereocenters. The molecule has 0 amide bonds. The molecular formula is InO3Y. The summed E-state index contributed by atoms with van der Waals surface area (Å²) in [5.41, 5.74) is 0. The zero-order valence-corrected chi connectivity index (χ0v) is 8.51. The topological polar surface area (TPSA) is 85.5 Å².